The summed E-state index contributed by atoms with van der Waals surface area (Å²) in [6, 6.07) is 0. The zero-order chi connectivity index (χ0) is 14.2. The van der Waals surface area contributed by atoms with Crippen LogP contribution < -0.4 is 0 Å². The van der Waals surface area contributed by atoms with E-state index in [1.54, 1.807) is 23.3 Å². The van der Waals surface area contributed by atoms with E-state index in [9.17, 15) is 0 Å². The molecular formula is C17H34Br2N2. The molecule has 0 aliphatic rings. The Bertz CT molecular complexity index is 264. The number of hydrogen-bond acceptors (Lipinski definition) is 1. The van der Waals surface area contributed by atoms with Crippen molar-refractivity contribution in [1.82, 2.24) is 9.55 Å². The van der Waals surface area contributed by atoms with Crippen molar-refractivity contribution >= 4 is 40.2 Å². The topological polar surface area (TPSA) is 17.8 Å². The van der Waals surface area contributed by atoms with Crippen LogP contribution >= 0.6 is 34.0 Å². The summed E-state index contributed by atoms with van der Waals surface area (Å²) in [5.74, 6) is 0. The third kappa shape index (κ3) is 19.9. The van der Waals surface area contributed by atoms with Gasteiger partial charge < -0.3 is 4.57 Å². The van der Waals surface area contributed by atoms with Crippen LogP contribution in [0.25, 0.3) is 6.20 Å². The molecule has 0 fully saturated rings. The molecule has 1 rings (SSSR count). The lowest BCUT2D eigenvalue weighted by molar-refractivity contribution is 0.562. The Morgan fingerprint density at radius 2 is 1.29 bits per heavy atom. The van der Waals surface area contributed by atoms with Gasteiger partial charge in [-0.1, -0.05) is 84.6 Å². The molecule has 0 atom stereocenters. The van der Waals surface area contributed by atoms with Crippen LogP contribution in [0.15, 0.2) is 25.3 Å². The Kier molecular flexibility index (Phi) is 27.3. The molecule has 21 heavy (non-hydrogen) atoms. The van der Waals surface area contributed by atoms with E-state index in [-0.39, 0.29) is 34.0 Å². The maximum absolute atomic E-state index is 3.78. The molecule has 0 unspecified atom stereocenters. The highest BCUT2D eigenvalue weighted by atomic mass is 79.9. The van der Waals surface area contributed by atoms with E-state index in [0.717, 1.165) is 0 Å². The minimum Gasteiger partial charge on any atom is -0.314 e. The van der Waals surface area contributed by atoms with Crippen molar-refractivity contribution in [3.8, 4) is 0 Å². The molecular weight excluding hydrogens is 392 g/mol. The van der Waals surface area contributed by atoms with Crippen molar-refractivity contribution in [2.75, 3.05) is 0 Å². The van der Waals surface area contributed by atoms with E-state index in [1.807, 2.05) is 6.20 Å². The van der Waals surface area contributed by atoms with Crippen LogP contribution in [-0.2, 0) is 0 Å². The van der Waals surface area contributed by atoms with E-state index >= 15 is 0 Å². The maximum Gasteiger partial charge on any atom is 0.0986 e. The highest BCUT2D eigenvalue weighted by Crippen LogP contribution is 2.09. The predicted octanol–water partition coefficient (Wildman–Crippen LogP) is 7.07. The summed E-state index contributed by atoms with van der Waals surface area (Å²) in [6.07, 6.45) is 21.4. The molecule has 0 N–H and O–H groups in total. The third-order valence-electron chi connectivity index (χ3n) is 3.19. The van der Waals surface area contributed by atoms with Crippen LogP contribution in [0, 0.1) is 0 Å². The third-order valence-corrected chi connectivity index (χ3v) is 3.19. The second-order valence-corrected chi connectivity index (χ2v) is 5.02. The van der Waals surface area contributed by atoms with Gasteiger partial charge >= 0.3 is 0 Å². The van der Waals surface area contributed by atoms with Gasteiger partial charge in [-0.25, -0.2) is 4.98 Å². The SMILES string of the molecule is Br.Br.C=Cn1ccnc1.CCCCCCCCCCCC. The number of unbranched alkanes of at least 4 members (excludes halogenated alkanes) is 9. The quantitative estimate of drug-likeness (QED) is 0.366. The number of imidazole rings is 1. The van der Waals surface area contributed by atoms with Gasteiger partial charge in [-0.05, 0) is 0 Å². The molecule has 1 aromatic heterocycles. The number of halogens is 2. The lowest BCUT2D eigenvalue weighted by Gasteiger charge is -1.99. The van der Waals surface area contributed by atoms with Crippen LogP contribution in [0.2, 0.25) is 0 Å². The number of aromatic nitrogens is 2. The van der Waals surface area contributed by atoms with Gasteiger partial charge in [0.25, 0.3) is 0 Å². The van der Waals surface area contributed by atoms with Crippen LogP contribution in [0.1, 0.15) is 78.1 Å². The first-order chi connectivity index (χ1) is 9.35. The fourth-order valence-corrected chi connectivity index (χ4v) is 1.94. The van der Waals surface area contributed by atoms with E-state index in [4.69, 9.17) is 0 Å². The Balaban J connectivity index is -0.000000310. The molecule has 0 saturated carbocycles. The molecule has 0 aromatic carbocycles. The van der Waals surface area contributed by atoms with Gasteiger partial charge in [0.2, 0.25) is 0 Å². The summed E-state index contributed by atoms with van der Waals surface area (Å²) in [5.41, 5.74) is 0. The monoisotopic (exact) mass is 424 g/mol. The lowest BCUT2D eigenvalue weighted by Crippen LogP contribution is -1.80. The summed E-state index contributed by atoms with van der Waals surface area (Å²) >= 11 is 0. The van der Waals surface area contributed by atoms with Crippen molar-refractivity contribution in [1.29, 1.82) is 0 Å². The first kappa shape index (κ1) is 25.8. The van der Waals surface area contributed by atoms with Crippen molar-refractivity contribution in [3.05, 3.63) is 25.3 Å². The molecule has 0 bridgehead atoms. The van der Waals surface area contributed by atoms with Gasteiger partial charge in [-0.2, -0.15) is 0 Å². The minimum absolute atomic E-state index is 0. The van der Waals surface area contributed by atoms with Crippen molar-refractivity contribution in [2.45, 2.75) is 78.1 Å². The molecule has 2 nitrogen and oxygen atoms in total. The summed E-state index contributed by atoms with van der Waals surface area (Å²) in [4.78, 5) is 3.78. The fourth-order valence-electron chi connectivity index (χ4n) is 1.94. The fraction of sp³-hybridized carbons (Fsp3) is 0.706. The highest BCUT2D eigenvalue weighted by molar-refractivity contribution is 8.93. The van der Waals surface area contributed by atoms with Crippen molar-refractivity contribution in [2.24, 2.45) is 0 Å². The van der Waals surface area contributed by atoms with Gasteiger partial charge in [-0.15, -0.1) is 34.0 Å². The Labute approximate surface area is 153 Å². The molecule has 0 aliphatic heterocycles. The van der Waals surface area contributed by atoms with Gasteiger partial charge in [-0.3, -0.25) is 0 Å². The van der Waals surface area contributed by atoms with Gasteiger partial charge in [0, 0.05) is 18.6 Å². The molecule has 0 aliphatic carbocycles. The molecule has 4 heteroatoms. The first-order valence-corrected chi connectivity index (χ1v) is 7.95. The normalized spacial score (nSPS) is 8.86. The summed E-state index contributed by atoms with van der Waals surface area (Å²) < 4.78 is 1.78. The Morgan fingerprint density at radius 3 is 1.52 bits per heavy atom. The summed E-state index contributed by atoms with van der Waals surface area (Å²) in [6.45, 7) is 8.08. The van der Waals surface area contributed by atoms with Crippen LogP contribution in [-0.4, -0.2) is 9.55 Å². The van der Waals surface area contributed by atoms with Crippen LogP contribution in [0.5, 0.6) is 0 Å². The summed E-state index contributed by atoms with van der Waals surface area (Å²) in [7, 11) is 0. The molecule has 1 heterocycles. The maximum atomic E-state index is 3.78. The molecule has 0 radical (unpaired) electrons. The molecule has 0 spiro atoms. The zero-order valence-electron chi connectivity index (χ0n) is 13.8. The number of nitrogens with zero attached hydrogens (tertiary/aromatic N) is 2. The molecule has 0 amide bonds. The van der Waals surface area contributed by atoms with Gasteiger partial charge in [0.15, 0.2) is 0 Å². The van der Waals surface area contributed by atoms with E-state index in [0.29, 0.717) is 0 Å². The van der Waals surface area contributed by atoms with E-state index in [2.05, 4.69) is 25.4 Å². The predicted molar refractivity (Wildman–Crippen MR) is 107 cm³/mol. The first-order valence-electron chi connectivity index (χ1n) is 7.95. The van der Waals surface area contributed by atoms with E-state index in [1.165, 1.54) is 64.2 Å². The molecule has 126 valence electrons. The Morgan fingerprint density at radius 1 is 0.857 bits per heavy atom. The van der Waals surface area contributed by atoms with Gasteiger partial charge in [0.1, 0.15) is 0 Å². The number of hydrogen-bond donors (Lipinski definition) is 0. The largest absolute Gasteiger partial charge is 0.314 e. The van der Waals surface area contributed by atoms with E-state index < -0.39 is 0 Å². The standard InChI is InChI=1S/C12H26.C5H6N2.2BrH/c1-3-5-7-9-11-12-10-8-6-4-2;1-2-7-4-3-6-5-7;;/h3-12H2,1-2H3;2-5H,1H2;2*1H. The zero-order valence-corrected chi connectivity index (χ0v) is 17.2. The van der Waals surface area contributed by atoms with Crippen LogP contribution in [0.4, 0.5) is 0 Å². The van der Waals surface area contributed by atoms with Crippen molar-refractivity contribution in [3.63, 3.8) is 0 Å². The average molecular weight is 426 g/mol. The smallest absolute Gasteiger partial charge is 0.0986 e. The summed E-state index contributed by atoms with van der Waals surface area (Å²) in [5, 5.41) is 0. The average Bonchev–Trinajstić information content (AvgIpc) is 2.96. The molecule has 1 aromatic rings. The van der Waals surface area contributed by atoms with Crippen LogP contribution in [0.3, 0.4) is 0 Å². The van der Waals surface area contributed by atoms with Crippen molar-refractivity contribution < 1.29 is 0 Å². The Hall–Kier alpha value is -0.0900. The highest BCUT2D eigenvalue weighted by Gasteiger charge is 1.90. The minimum atomic E-state index is 0. The lowest BCUT2D eigenvalue weighted by atomic mass is 10.1. The second-order valence-electron chi connectivity index (χ2n) is 5.02. The van der Waals surface area contributed by atoms with Gasteiger partial charge in [0.05, 0.1) is 6.33 Å². The molecule has 0 saturated heterocycles. The second kappa shape index (κ2) is 22.2. The number of rotatable bonds is 10.